The van der Waals surface area contributed by atoms with Crippen LogP contribution in [0.4, 0.5) is 0 Å². The largest absolute Gasteiger partial charge is 0.469 e. The normalized spacial score (nSPS) is 26.8. The number of thioether (sulfide) groups is 1. The molecule has 0 spiro atoms. The van der Waals surface area contributed by atoms with Gasteiger partial charge in [-0.1, -0.05) is 43.0 Å². The van der Waals surface area contributed by atoms with Crippen LogP contribution in [-0.2, 0) is 9.53 Å². The van der Waals surface area contributed by atoms with Crippen LogP contribution in [0.2, 0.25) is 0 Å². The van der Waals surface area contributed by atoms with Crippen LogP contribution >= 0.6 is 11.8 Å². The van der Waals surface area contributed by atoms with Crippen LogP contribution < -0.4 is 0 Å². The van der Waals surface area contributed by atoms with Gasteiger partial charge < -0.3 is 9.84 Å². The van der Waals surface area contributed by atoms with Crippen molar-refractivity contribution in [1.29, 1.82) is 0 Å². The van der Waals surface area contributed by atoms with Crippen molar-refractivity contribution in [1.82, 2.24) is 0 Å². The molecule has 0 heterocycles. The highest BCUT2D eigenvalue weighted by Gasteiger charge is 2.35. The molecule has 0 aromatic heterocycles. The second kappa shape index (κ2) is 8.39. The number of hydrogen-bond donors (Lipinski definition) is 1. The van der Waals surface area contributed by atoms with Crippen molar-refractivity contribution >= 4 is 17.7 Å². The monoisotopic (exact) mass is 320 g/mol. The van der Waals surface area contributed by atoms with Crippen LogP contribution in [0.15, 0.2) is 46.7 Å². The van der Waals surface area contributed by atoms with E-state index >= 15 is 0 Å². The Labute approximate surface area is 136 Å². The van der Waals surface area contributed by atoms with Gasteiger partial charge in [0, 0.05) is 4.90 Å². The fraction of sp³-hybridized carbons (Fsp3) is 0.500. The van der Waals surface area contributed by atoms with E-state index in [9.17, 15) is 9.90 Å². The fourth-order valence-electron chi connectivity index (χ4n) is 2.98. The molecule has 0 amide bonds. The third-order valence-corrected chi connectivity index (χ3v) is 5.27. The number of ether oxygens (including phenoxy) is 1. The zero-order valence-electron chi connectivity index (χ0n) is 13.1. The summed E-state index contributed by atoms with van der Waals surface area (Å²) in [7, 11) is 1.38. The van der Waals surface area contributed by atoms with Crippen LogP contribution in [0.5, 0.6) is 0 Å². The van der Waals surface area contributed by atoms with Crippen molar-refractivity contribution < 1.29 is 14.6 Å². The van der Waals surface area contributed by atoms with E-state index in [2.05, 4.69) is 30.5 Å². The number of benzene rings is 1. The lowest BCUT2D eigenvalue weighted by Crippen LogP contribution is -2.36. The lowest BCUT2D eigenvalue weighted by Gasteiger charge is -2.33. The molecule has 1 aromatic rings. The van der Waals surface area contributed by atoms with Crippen LogP contribution in [0.1, 0.15) is 26.2 Å². The number of rotatable bonds is 5. The molecule has 1 saturated carbocycles. The summed E-state index contributed by atoms with van der Waals surface area (Å²) in [4.78, 5) is 12.8. The van der Waals surface area contributed by atoms with Gasteiger partial charge in [-0.2, -0.15) is 0 Å². The first-order chi connectivity index (χ1) is 10.6. The van der Waals surface area contributed by atoms with E-state index in [4.69, 9.17) is 4.74 Å². The van der Waals surface area contributed by atoms with Crippen molar-refractivity contribution in [3.8, 4) is 0 Å². The molecule has 4 heteroatoms. The van der Waals surface area contributed by atoms with Gasteiger partial charge in [-0.05, 0) is 48.6 Å². The van der Waals surface area contributed by atoms with Crippen molar-refractivity contribution in [3.63, 3.8) is 0 Å². The first-order valence-corrected chi connectivity index (χ1v) is 8.64. The van der Waals surface area contributed by atoms with Gasteiger partial charge in [-0.3, -0.25) is 4.79 Å². The average Bonchev–Trinajstić information content (AvgIpc) is 2.55. The van der Waals surface area contributed by atoms with Gasteiger partial charge in [0.1, 0.15) is 0 Å². The van der Waals surface area contributed by atoms with Gasteiger partial charge in [0.25, 0.3) is 0 Å². The van der Waals surface area contributed by atoms with E-state index in [-0.39, 0.29) is 11.9 Å². The number of hydrogen-bond acceptors (Lipinski definition) is 4. The first-order valence-electron chi connectivity index (χ1n) is 7.76. The summed E-state index contributed by atoms with van der Waals surface area (Å²) >= 11 is 1.71. The number of allylic oxidation sites excluding steroid dienone is 1. The minimum Gasteiger partial charge on any atom is -0.469 e. The SMILES string of the molecule is COC(=O)C1CC[C@@H]([C@H](C)/C=C/Sc2ccccc2)CC1O. The highest BCUT2D eigenvalue weighted by molar-refractivity contribution is 8.02. The van der Waals surface area contributed by atoms with E-state index in [0.717, 1.165) is 6.42 Å². The van der Waals surface area contributed by atoms with Crippen LogP contribution in [0, 0.1) is 17.8 Å². The summed E-state index contributed by atoms with van der Waals surface area (Å²) in [5.41, 5.74) is 0. The standard InChI is InChI=1S/C18H24O3S/c1-13(10-11-22-15-6-4-3-5-7-15)14-8-9-16(17(19)12-14)18(20)21-2/h3-7,10-11,13-14,16-17,19H,8-9,12H2,1-2H3/b11-10+/t13-,14-,16?,17?/m1/s1. The minimum atomic E-state index is -0.580. The molecule has 2 unspecified atom stereocenters. The Morgan fingerprint density at radius 3 is 2.73 bits per heavy atom. The molecule has 4 atom stereocenters. The smallest absolute Gasteiger partial charge is 0.311 e. The van der Waals surface area contributed by atoms with E-state index < -0.39 is 6.10 Å². The Morgan fingerprint density at radius 1 is 1.36 bits per heavy atom. The zero-order chi connectivity index (χ0) is 15.9. The molecule has 0 bridgehead atoms. The number of carbonyl (C=O) groups excluding carboxylic acids is 1. The fourth-order valence-corrected chi connectivity index (χ4v) is 3.78. The summed E-state index contributed by atoms with van der Waals surface area (Å²) in [6.45, 7) is 2.18. The lowest BCUT2D eigenvalue weighted by atomic mass is 9.75. The number of aliphatic hydroxyl groups is 1. The molecule has 0 aliphatic heterocycles. The number of esters is 1. The maximum atomic E-state index is 11.6. The topological polar surface area (TPSA) is 46.5 Å². The molecule has 120 valence electrons. The molecule has 0 saturated heterocycles. The molecule has 0 radical (unpaired) electrons. The molecule has 22 heavy (non-hydrogen) atoms. The van der Waals surface area contributed by atoms with Gasteiger partial charge in [-0.15, -0.1) is 0 Å². The number of aliphatic hydroxyl groups excluding tert-OH is 1. The van der Waals surface area contributed by atoms with E-state index in [0.29, 0.717) is 24.7 Å². The van der Waals surface area contributed by atoms with Gasteiger partial charge in [0.05, 0.1) is 19.1 Å². The lowest BCUT2D eigenvalue weighted by molar-refractivity contribution is -0.152. The highest BCUT2D eigenvalue weighted by atomic mass is 32.2. The third kappa shape index (κ3) is 4.62. The van der Waals surface area contributed by atoms with E-state index in [1.807, 2.05) is 18.2 Å². The molecule has 1 fully saturated rings. The zero-order valence-corrected chi connectivity index (χ0v) is 14.0. The highest BCUT2D eigenvalue weighted by Crippen LogP contribution is 2.35. The third-order valence-electron chi connectivity index (χ3n) is 4.43. The predicted molar refractivity (Wildman–Crippen MR) is 89.5 cm³/mol. The van der Waals surface area contributed by atoms with Crippen LogP contribution in [-0.4, -0.2) is 24.3 Å². The summed E-state index contributed by atoms with van der Waals surface area (Å²) in [6.07, 6.45) is 3.96. The Kier molecular flexibility index (Phi) is 6.52. The van der Waals surface area contributed by atoms with Gasteiger partial charge in [-0.25, -0.2) is 0 Å². The van der Waals surface area contributed by atoms with Gasteiger partial charge in [0.15, 0.2) is 0 Å². The second-order valence-electron chi connectivity index (χ2n) is 5.89. The second-order valence-corrected chi connectivity index (χ2v) is 6.87. The van der Waals surface area contributed by atoms with Crippen molar-refractivity contribution in [2.75, 3.05) is 7.11 Å². The molecular weight excluding hydrogens is 296 g/mol. The average molecular weight is 320 g/mol. The minimum absolute atomic E-state index is 0.284. The first kappa shape index (κ1) is 17.1. The Bertz CT molecular complexity index is 500. The predicted octanol–water partition coefficient (Wildman–Crippen LogP) is 3.88. The number of carbonyl (C=O) groups is 1. The Hall–Kier alpha value is -1.26. The van der Waals surface area contributed by atoms with E-state index in [1.54, 1.807) is 11.8 Å². The maximum Gasteiger partial charge on any atom is 0.311 e. The van der Waals surface area contributed by atoms with Crippen LogP contribution in [0.3, 0.4) is 0 Å². The van der Waals surface area contributed by atoms with Gasteiger partial charge in [0.2, 0.25) is 0 Å². The molecule has 1 aromatic carbocycles. The maximum absolute atomic E-state index is 11.6. The quantitative estimate of drug-likeness (QED) is 0.660. The van der Waals surface area contributed by atoms with Gasteiger partial charge >= 0.3 is 5.97 Å². The molecule has 1 N–H and O–H groups in total. The van der Waals surface area contributed by atoms with E-state index in [1.165, 1.54) is 12.0 Å². The van der Waals surface area contributed by atoms with Crippen LogP contribution in [0.25, 0.3) is 0 Å². The summed E-state index contributed by atoms with van der Waals surface area (Å²) < 4.78 is 4.75. The number of methoxy groups -OCH3 is 1. The summed E-state index contributed by atoms with van der Waals surface area (Å²) in [5.74, 6) is 0.179. The van der Waals surface area contributed by atoms with Crippen molar-refractivity contribution in [2.45, 2.75) is 37.2 Å². The molecule has 2 rings (SSSR count). The summed E-state index contributed by atoms with van der Waals surface area (Å²) in [5, 5.41) is 12.3. The molecule has 1 aliphatic rings. The van der Waals surface area contributed by atoms with Crippen molar-refractivity contribution in [2.24, 2.45) is 17.8 Å². The Morgan fingerprint density at radius 2 is 2.09 bits per heavy atom. The molecule has 1 aliphatic carbocycles. The molecule has 3 nitrogen and oxygen atoms in total. The molecular formula is C18H24O3S. The summed E-state index contributed by atoms with van der Waals surface area (Å²) in [6, 6.07) is 10.3. The Balaban J connectivity index is 1.83. The van der Waals surface area contributed by atoms with Crippen molar-refractivity contribution in [3.05, 3.63) is 41.8 Å².